The van der Waals surface area contributed by atoms with Gasteiger partial charge < -0.3 is 0 Å². The van der Waals surface area contributed by atoms with Crippen LogP contribution in [0.2, 0.25) is 0 Å². The molecule has 0 spiro atoms. The van der Waals surface area contributed by atoms with E-state index in [4.69, 9.17) is 0 Å². The van der Waals surface area contributed by atoms with Gasteiger partial charge in [0.25, 0.3) is 0 Å². The van der Waals surface area contributed by atoms with Crippen molar-refractivity contribution >= 4 is 11.8 Å². The maximum Gasteiger partial charge on any atom is 0.420 e. The molecule has 0 aromatic heterocycles. The highest BCUT2D eigenvalue weighted by Crippen LogP contribution is 2.97. The molecule has 3 aliphatic rings. The van der Waals surface area contributed by atoms with Crippen molar-refractivity contribution in [2.45, 2.75) is 45.3 Å². The summed E-state index contributed by atoms with van der Waals surface area (Å²) in [5.74, 6) is 0. The number of fused-ring (bicyclic) bond motifs is 4. The van der Waals surface area contributed by atoms with Crippen molar-refractivity contribution < 1.29 is 52.7 Å². The number of hydrogen-bond acceptors (Lipinski definition) is 4. The Labute approximate surface area is 126 Å². The molecule has 1 saturated carbocycles. The van der Waals surface area contributed by atoms with Gasteiger partial charge in [-0.2, -0.15) is 52.7 Å². The van der Waals surface area contributed by atoms with Gasteiger partial charge >= 0.3 is 24.7 Å². The molecule has 2 heterocycles. The van der Waals surface area contributed by atoms with Gasteiger partial charge in [0.2, 0.25) is 11.1 Å². The molecule has 138 valence electrons. The quantitative estimate of drug-likeness (QED) is 0.495. The third-order valence-electron chi connectivity index (χ3n) is 4.39. The number of rotatable bonds is 0. The fourth-order valence-corrected chi connectivity index (χ4v) is 5.77. The molecular formula is C8HF12N3S. The van der Waals surface area contributed by atoms with Crippen LogP contribution in [0.25, 0.3) is 0 Å². The monoisotopic (exact) mass is 399 g/mol. The highest BCUT2D eigenvalue weighted by molar-refractivity contribution is 8.10. The molecule has 0 radical (unpaired) electrons. The van der Waals surface area contributed by atoms with Crippen LogP contribution in [0.1, 0.15) is 0 Å². The molecule has 1 saturated heterocycles. The summed E-state index contributed by atoms with van der Waals surface area (Å²) >= 11 is -1.50. The van der Waals surface area contributed by atoms with Crippen molar-refractivity contribution in [3.8, 4) is 0 Å². The predicted octanol–water partition coefficient (Wildman–Crippen LogP) is 3.92. The second-order valence-electron chi connectivity index (χ2n) is 5.23. The number of thioether (sulfide) groups is 1. The van der Waals surface area contributed by atoms with Crippen LogP contribution in [0.4, 0.5) is 52.7 Å². The van der Waals surface area contributed by atoms with E-state index >= 15 is 0 Å². The first-order valence-electron chi connectivity index (χ1n) is 5.57. The Balaban J connectivity index is 2.42. The number of alkyl halides is 12. The number of nitrogens with zero attached hydrogens (tertiary/aromatic N) is 2. The van der Waals surface area contributed by atoms with Gasteiger partial charge in [0.05, 0.1) is 0 Å². The number of hydrogen-bond donors (Lipinski definition) is 1. The molecule has 1 aliphatic carbocycles. The number of halogens is 12. The Kier molecular flexibility index (Phi) is 2.73. The molecule has 16 heteroatoms. The zero-order valence-electron chi connectivity index (χ0n) is 10.3. The Hall–Kier alpha value is -1.09. The van der Waals surface area contributed by atoms with Crippen LogP contribution in [-0.4, -0.2) is 45.3 Å². The molecule has 3 rings (SSSR count). The molecule has 0 unspecified atom stereocenters. The third-order valence-corrected chi connectivity index (χ3v) is 6.48. The second kappa shape index (κ2) is 3.70. The lowest BCUT2D eigenvalue weighted by Gasteiger charge is -2.59. The topological polar surface area (TPSA) is 36.8 Å². The van der Waals surface area contributed by atoms with E-state index in [1.807, 2.05) is 5.11 Å². The van der Waals surface area contributed by atoms with Crippen molar-refractivity contribution in [3.05, 3.63) is 0 Å². The summed E-state index contributed by atoms with van der Waals surface area (Å²) < 4.78 is 149. The molecule has 2 aliphatic heterocycles. The summed E-state index contributed by atoms with van der Waals surface area (Å²) in [5, 5.41) is 4.10. The van der Waals surface area contributed by atoms with Gasteiger partial charge in [-0.05, 0) is 0 Å². The van der Waals surface area contributed by atoms with E-state index in [0.29, 0.717) is 5.43 Å². The minimum Gasteiger partial charge on any atom is -0.272 e. The first kappa shape index (κ1) is 17.7. The van der Waals surface area contributed by atoms with Crippen LogP contribution in [0.5, 0.6) is 0 Å². The van der Waals surface area contributed by atoms with Crippen molar-refractivity contribution in [1.29, 1.82) is 0 Å². The van der Waals surface area contributed by atoms with Gasteiger partial charge in [-0.1, -0.05) is 5.22 Å². The Morgan fingerprint density at radius 1 is 0.625 bits per heavy atom. The van der Waals surface area contributed by atoms with Gasteiger partial charge in [-0.25, -0.2) is 0 Å². The molecule has 24 heavy (non-hydrogen) atoms. The molecule has 0 aromatic carbocycles. The third kappa shape index (κ3) is 1.21. The lowest BCUT2D eigenvalue weighted by Crippen LogP contribution is -2.96. The van der Waals surface area contributed by atoms with E-state index in [1.165, 1.54) is 0 Å². The largest absolute Gasteiger partial charge is 0.420 e. The first-order valence-corrected chi connectivity index (χ1v) is 6.39. The molecule has 3 nitrogen and oxygen atoms in total. The van der Waals surface area contributed by atoms with E-state index in [-0.39, 0.29) is 0 Å². The van der Waals surface area contributed by atoms with Gasteiger partial charge in [0, 0.05) is 0 Å². The second-order valence-corrected chi connectivity index (χ2v) is 6.66. The zero-order chi connectivity index (χ0) is 18.8. The highest BCUT2D eigenvalue weighted by atomic mass is 32.2. The fraction of sp³-hybridized carbons (Fsp3) is 1.00. The van der Waals surface area contributed by atoms with Gasteiger partial charge in [0.15, 0.2) is 9.49 Å². The van der Waals surface area contributed by atoms with Crippen molar-refractivity contribution in [1.82, 2.24) is 5.43 Å². The molecule has 0 amide bonds. The summed E-state index contributed by atoms with van der Waals surface area (Å²) in [5.41, 5.74) is -9.72. The summed E-state index contributed by atoms with van der Waals surface area (Å²) in [7, 11) is 0. The van der Waals surface area contributed by atoms with Crippen molar-refractivity contribution in [3.63, 3.8) is 0 Å². The van der Waals surface area contributed by atoms with E-state index < -0.39 is 57.0 Å². The zero-order valence-corrected chi connectivity index (χ0v) is 11.2. The maximum absolute atomic E-state index is 13.3. The minimum atomic E-state index is -6.41. The Morgan fingerprint density at radius 2 is 1.08 bits per heavy atom. The van der Waals surface area contributed by atoms with Crippen LogP contribution >= 0.6 is 11.8 Å². The van der Waals surface area contributed by atoms with Crippen LogP contribution in [-0.2, 0) is 0 Å². The van der Waals surface area contributed by atoms with Crippen LogP contribution < -0.4 is 5.43 Å². The van der Waals surface area contributed by atoms with Crippen molar-refractivity contribution in [2.75, 3.05) is 0 Å². The van der Waals surface area contributed by atoms with Crippen LogP contribution in [0.3, 0.4) is 0 Å². The van der Waals surface area contributed by atoms with E-state index in [9.17, 15) is 52.7 Å². The van der Waals surface area contributed by atoms with Gasteiger partial charge in [0.1, 0.15) is 0 Å². The molecule has 4 atom stereocenters. The SMILES string of the molecule is FC(F)(F)[C@@]12N=NN[C@]1(C(F)(F)F)[C@@]1(C(F)(F)F)S[C@@]21C(F)(F)F. The summed E-state index contributed by atoms with van der Waals surface area (Å²) in [6.07, 6.45) is -25.4. The summed E-state index contributed by atoms with van der Waals surface area (Å²) in [4.78, 5) is 0. The molecular weight excluding hydrogens is 398 g/mol. The highest BCUT2D eigenvalue weighted by Gasteiger charge is 3.21. The molecule has 2 fully saturated rings. The van der Waals surface area contributed by atoms with Crippen LogP contribution in [0.15, 0.2) is 10.3 Å². The van der Waals surface area contributed by atoms with E-state index in [1.54, 1.807) is 0 Å². The average molecular weight is 399 g/mol. The standard InChI is InChI=1S/C8HF12N3S/c9-5(10,11)1-2(6(12,13)14,22-23-21-1)4(8(18,19)20)3(1,24-4)7(15,16)17/h(H,21,22)/t1-,2+,3+,4-. The smallest absolute Gasteiger partial charge is 0.272 e. The average Bonchev–Trinajstić information content (AvgIpc) is 2.78. The molecule has 0 bridgehead atoms. The first-order chi connectivity index (χ1) is 10.4. The van der Waals surface area contributed by atoms with E-state index in [2.05, 4.69) is 5.22 Å². The fourth-order valence-electron chi connectivity index (χ4n) is 3.68. The number of nitrogens with one attached hydrogen (secondary N) is 1. The lowest BCUT2D eigenvalue weighted by molar-refractivity contribution is -0.382. The van der Waals surface area contributed by atoms with Crippen molar-refractivity contribution in [2.24, 2.45) is 10.3 Å². The Bertz CT molecular complexity index is 632. The normalized spacial score (nSPS) is 44.5. The minimum absolute atomic E-state index is 0.565. The Morgan fingerprint density at radius 3 is 1.42 bits per heavy atom. The lowest BCUT2D eigenvalue weighted by atomic mass is 9.45. The summed E-state index contributed by atoms with van der Waals surface area (Å²) in [6, 6.07) is 0. The maximum atomic E-state index is 13.3. The molecule has 0 aromatic rings. The summed E-state index contributed by atoms with van der Waals surface area (Å²) in [6.45, 7) is 0. The molecule has 1 N–H and O–H groups in total. The van der Waals surface area contributed by atoms with Gasteiger partial charge in [-0.3, -0.25) is 5.43 Å². The predicted molar refractivity (Wildman–Crippen MR) is 50.7 cm³/mol. The van der Waals surface area contributed by atoms with Gasteiger partial charge in [-0.15, -0.1) is 16.9 Å². The van der Waals surface area contributed by atoms with E-state index in [0.717, 1.165) is 0 Å². The van der Waals surface area contributed by atoms with Crippen LogP contribution in [0, 0.1) is 0 Å².